The van der Waals surface area contributed by atoms with Gasteiger partial charge in [0.15, 0.2) is 0 Å². The molecule has 22 heavy (non-hydrogen) atoms. The maximum Gasteiger partial charge on any atom is 0.315 e. The second-order valence-electron chi connectivity index (χ2n) is 6.19. The summed E-state index contributed by atoms with van der Waals surface area (Å²) in [7, 11) is 1.34. The Kier molecular flexibility index (Phi) is 4.36. The minimum absolute atomic E-state index is 0.334. The molecule has 0 heterocycles. The molecule has 0 unspecified atom stereocenters. The highest BCUT2D eigenvalue weighted by Crippen LogP contribution is 2.31. The number of methoxy groups -OCH3 is 1. The maximum atomic E-state index is 14.5. The lowest BCUT2D eigenvalue weighted by Crippen LogP contribution is -2.30. The number of halogens is 1. The van der Waals surface area contributed by atoms with E-state index in [1.807, 2.05) is 26.0 Å². The number of carbonyl (C=O) groups is 1. The van der Waals surface area contributed by atoms with Crippen LogP contribution < -0.4 is 0 Å². The Balaban J connectivity index is 2.48. The third-order valence-electron chi connectivity index (χ3n) is 3.92. The largest absolute Gasteiger partial charge is 0.468 e. The van der Waals surface area contributed by atoms with Crippen molar-refractivity contribution >= 4 is 5.97 Å². The fourth-order valence-electron chi connectivity index (χ4n) is 2.64. The average molecular weight is 300 g/mol. The van der Waals surface area contributed by atoms with Gasteiger partial charge in [0.05, 0.1) is 12.5 Å². The Morgan fingerprint density at radius 2 is 1.64 bits per heavy atom. The molecule has 2 nitrogen and oxygen atoms in total. The Labute approximate surface area is 130 Å². The van der Waals surface area contributed by atoms with Crippen LogP contribution in [-0.2, 0) is 14.9 Å². The molecule has 116 valence electrons. The minimum atomic E-state index is -0.878. The Bertz CT molecular complexity index is 697. The predicted molar refractivity (Wildman–Crippen MR) is 86.4 cm³/mol. The van der Waals surface area contributed by atoms with E-state index >= 15 is 0 Å². The number of hydrogen-bond acceptors (Lipinski definition) is 2. The molecule has 0 atom stereocenters. The van der Waals surface area contributed by atoms with Crippen LogP contribution in [-0.4, -0.2) is 13.1 Å². The van der Waals surface area contributed by atoms with Crippen LogP contribution in [0.2, 0.25) is 0 Å². The van der Waals surface area contributed by atoms with Crippen LogP contribution in [0.1, 0.15) is 30.5 Å². The van der Waals surface area contributed by atoms with Gasteiger partial charge in [-0.05, 0) is 44.9 Å². The quantitative estimate of drug-likeness (QED) is 0.777. The Morgan fingerprint density at radius 3 is 2.14 bits per heavy atom. The van der Waals surface area contributed by atoms with Gasteiger partial charge < -0.3 is 4.74 Å². The van der Waals surface area contributed by atoms with Gasteiger partial charge in [0.1, 0.15) is 5.82 Å². The number of esters is 1. The van der Waals surface area contributed by atoms with Crippen molar-refractivity contribution < 1.29 is 13.9 Å². The van der Waals surface area contributed by atoms with E-state index in [4.69, 9.17) is 4.74 Å². The van der Waals surface area contributed by atoms with Crippen molar-refractivity contribution in [2.75, 3.05) is 7.11 Å². The van der Waals surface area contributed by atoms with E-state index in [9.17, 15) is 9.18 Å². The van der Waals surface area contributed by atoms with Crippen molar-refractivity contribution in [3.63, 3.8) is 0 Å². The molecule has 2 aromatic carbocycles. The summed E-state index contributed by atoms with van der Waals surface area (Å²) >= 11 is 0. The van der Waals surface area contributed by atoms with Gasteiger partial charge in [-0.3, -0.25) is 4.79 Å². The number of ether oxygens (including phenoxy) is 1. The first kappa shape index (κ1) is 16.2. The first-order valence-electron chi connectivity index (χ1n) is 7.23. The van der Waals surface area contributed by atoms with Crippen molar-refractivity contribution in [3.8, 4) is 11.1 Å². The predicted octanol–water partition coefficient (Wildman–Crippen LogP) is 4.56. The molecule has 0 saturated heterocycles. The molecule has 0 bridgehead atoms. The Morgan fingerprint density at radius 1 is 1.05 bits per heavy atom. The summed E-state index contributed by atoms with van der Waals surface area (Å²) in [5.41, 5.74) is 3.29. The summed E-state index contributed by atoms with van der Waals surface area (Å²) in [6.45, 7) is 7.43. The first-order valence-corrected chi connectivity index (χ1v) is 7.23. The van der Waals surface area contributed by atoms with Crippen molar-refractivity contribution in [2.45, 2.75) is 33.1 Å². The van der Waals surface area contributed by atoms with Crippen LogP contribution in [0.4, 0.5) is 4.39 Å². The van der Waals surface area contributed by atoms with E-state index in [1.165, 1.54) is 13.2 Å². The second-order valence-corrected chi connectivity index (χ2v) is 6.19. The zero-order valence-corrected chi connectivity index (χ0v) is 13.7. The lowest BCUT2D eigenvalue weighted by Gasteiger charge is -2.22. The smallest absolute Gasteiger partial charge is 0.315 e. The third-order valence-corrected chi connectivity index (χ3v) is 3.92. The van der Waals surface area contributed by atoms with E-state index in [0.717, 1.165) is 16.7 Å². The van der Waals surface area contributed by atoms with Gasteiger partial charge in [-0.1, -0.05) is 41.5 Å². The molecule has 0 N–H and O–H groups in total. The molecule has 0 saturated carbocycles. The van der Waals surface area contributed by atoms with Crippen LogP contribution in [0.15, 0.2) is 36.4 Å². The highest BCUT2D eigenvalue weighted by Gasteiger charge is 2.31. The number of hydrogen-bond donors (Lipinski definition) is 0. The van der Waals surface area contributed by atoms with Crippen LogP contribution in [0.25, 0.3) is 11.1 Å². The second kappa shape index (κ2) is 5.91. The van der Waals surface area contributed by atoms with Crippen molar-refractivity contribution in [1.29, 1.82) is 0 Å². The number of benzene rings is 2. The molecule has 2 aromatic rings. The molecule has 3 heteroatoms. The van der Waals surface area contributed by atoms with Gasteiger partial charge in [-0.25, -0.2) is 4.39 Å². The molecule has 2 rings (SSSR count). The lowest BCUT2D eigenvalue weighted by atomic mass is 9.83. The van der Waals surface area contributed by atoms with Gasteiger partial charge in [-0.15, -0.1) is 0 Å². The Hall–Kier alpha value is -2.16. The fourth-order valence-corrected chi connectivity index (χ4v) is 2.64. The van der Waals surface area contributed by atoms with Crippen LogP contribution in [0.3, 0.4) is 0 Å². The average Bonchev–Trinajstić information content (AvgIpc) is 2.45. The van der Waals surface area contributed by atoms with E-state index in [-0.39, 0.29) is 11.8 Å². The maximum absolute atomic E-state index is 14.5. The van der Waals surface area contributed by atoms with Gasteiger partial charge in [-0.2, -0.15) is 0 Å². The number of rotatable bonds is 3. The van der Waals surface area contributed by atoms with E-state index in [0.29, 0.717) is 11.1 Å². The van der Waals surface area contributed by atoms with Crippen LogP contribution in [0.5, 0.6) is 0 Å². The molecule has 0 fully saturated rings. The first-order chi connectivity index (χ1) is 10.3. The SMILES string of the molecule is COC(=O)C(C)(C)c1ccc(-c2cc(C)cc(C)c2)c(F)c1. The molecule has 0 aliphatic heterocycles. The van der Waals surface area contributed by atoms with Gasteiger partial charge >= 0.3 is 5.97 Å². The van der Waals surface area contributed by atoms with Crippen molar-refractivity contribution in [3.05, 3.63) is 58.9 Å². The summed E-state index contributed by atoms with van der Waals surface area (Å²) in [6.07, 6.45) is 0. The molecule has 0 aromatic heterocycles. The number of aryl methyl sites for hydroxylation is 2. The molecule has 0 amide bonds. The van der Waals surface area contributed by atoms with E-state index in [2.05, 4.69) is 6.07 Å². The summed E-state index contributed by atoms with van der Waals surface area (Å²) in [5.74, 6) is -0.717. The zero-order valence-electron chi connectivity index (χ0n) is 13.7. The monoisotopic (exact) mass is 300 g/mol. The van der Waals surface area contributed by atoms with Gasteiger partial charge in [0, 0.05) is 5.56 Å². The number of carbonyl (C=O) groups excluding carboxylic acids is 1. The summed E-state index contributed by atoms with van der Waals surface area (Å²) in [5, 5.41) is 0. The topological polar surface area (TPSA) is 26.3 Å². The van der Waals surface area contributed by atoms with Crippen molar-refractivity contribution in [2.24, 2.45) is 0 Å². The minimum Gasteiger partial charge on any atom is -0.468 e. The standard InChI is InChI=1S/C19H21FO2/c1-12-8-13(2)10-14(9-12)16-7-6-15(11-17(16)20)19(3,4)18(21)22-5/h6-11H,1-5H3. The summed E-state index contributed by atoms with van der Waals surface area (Å²) in [6, 6.07) is 10.9. The van der Waals surface area contributed by atoms with E-state index in [1.54, 1.807) is 26.0 Å². The third kappa shape index (κ3) is 3.03. The lowest BCUT2D eigenvalue weighted by molar-refractivity contribution is -0.146. The van der Waals surface area contributed by atoms with Gasteiger partial charge in [0.25, 0.3) is 0 Å². The van der Waals surface area contributed by atoms with E-state index < -0.39 is 5.41 Å². The molecular weight excluding hydrogens is 279 g/mol. The van der Waals surface area contributed by atoms with Crippen LogP contribution >= 0.6 is 0 Å². The molecule has 0 radical (unpaired) electrons. The molecule has 0 spiro atoms. The molecule has 0 aliphatic rings. The highest BCUT2D eigenvalue weighted by molar-refractivity contribution is 5.82. The summed E-state index contributed by atoms with van der Waals surface area (Å²) in [4.78, 5) is 11.8. The fraction of sp³-hybridized carbons (Fsp3) is 0.316. The molecular formula is C19H21FO2. The normalized spacial score (nSPS) is 11.4. The zero-order chi connectivity index (χ0) is 16.5. The molecule has 0 aliphatic carbocycles. The summed E-state index contributed by atoms with van der Waals surface area (Å²) < 4.78 is 19.3. The highest BCUT2D eigenvalue weighted by atomic mass is 19.1. The van der Waals surface area contributed by atoms with Crippen LogP contribution in [0, 0.1) is 19.7 Å². The van der Waals surface area contributed by atoms with Crippen molar-refractivity contribution in [1.82, 2.24) is 0 Å². The van der Waals surface area contributed by atoms with Gasteiger partial charge in [0.2, 0.25) is 0 Å².